The summed E-state index contributed by atoms with van der Waals surface area (Å²) in [6.07, 6.45) is 1.95. The Balaban J connectivity index is 1.83. The molecule has 3 aromatic rings. The summed E-state index contributed by atoms with van der Waals surface area (Å²) in [6, 6.07) is 25.6. The van der Waals surface area contributed by atoms with Crippen molar-refractivity contribution in [2.45, 2.75) is 38.8 Å². The van der Waals surface area contributed by atoms with Crippen LogP contribution >= 0.6 is 0 Å². The van der Waals surface area contributed by atoms with Crippen molar-refractivity contribution in [1.29, 1.82) is 0 Å². The number of anilines is 1. The van der Waals surface area contributed by atoms with Gasteiger partial charge in [-0.15, -0.1) is 0 Å². The number of hydrogen-bond acceptors (Lipinski definition) is 4. The summed E-state index contributed by atoms with van der Waals surface area (Å²) < 4.78 is 26.2. The van der Waals surface area contributed by atoms with Crippen LogP contribution in [0.2, 0.25) is 0 Å². The van der Waals surface area contributed by atoms with Crippen molar-refractivity contribution in [3.8, 4) is 0 Å². The van der Waals surface area contributed by atoms with Gasteiger partial charge in [-0.2, -0.15) is 0 Å². The fourth-order valence-corrected chi connectivity index (χ4v) is 5.17. The van der Waals surface area contributed by atoms with Gasteiger partial charge in [0.15, 0.2) is 0 Å². The minimum atomic E-state index is -3.52. The molecule has 2 amide bonds. The average Bonchev–Trinajstić information content (AvgIpc) is 2.89. The SMILES string of the molecule is CNC(=O)[C@@H](Cc1ccccc1)N(Cc1ccc(C)cc1)C(=O)CCCN(c1ccccc1)S(C)(=O)=O. The quantitative estimate of drug-likeness (QED) is 0.391. The van der Waals surface area contributed by atoms with Crippen LogP contribution in [0.1, 0.15) is 29.5 Å². The smallest absolute Gasteiger partial charge is 0.242 e. The Hall–Kier alpha value is -3.65. The van der Waals surface area contributed by atoms with E-state index in [1.54, 1.807) is 36.2 Å². The minimum Gasteiger partial charge on any atom is -0.357 e. The van der Waals surface area contributed by atoms with Crippen LogP contribution in [-0.4, -0.2) is 51.0 Å². The first kappa shape index (κ1) is 27.9. The summed E-state index contributed by atoms with van der Waals surface area (Å²) in [4.78, 5) is 28.2. The molecule has 0 radical (unpaired) electrons. The zero-order valence-corrected chi connectivity index (χ0v) is 22.4. The second kappa shape index (κ2) is 13.1. The fraction of sp³-hybridized carbons (Fsp3) is 0.310. The maximum atomic E-state index is 13.6. The van der Waals surface area contributed by atoms with E-state index in [2.05, 4.69) is 5.32 Å². The second-order valence-electron chi connectivity index (χ2n) is 9.10. The van der Waals surface area contributed by atoms with Crippen LogP contribution in [0.3, 0.4) is 0 Å². The van der Waals surface area contributed by atoms with E-state index < -0.39 is 16.1 Å². The van der Waals surface area contributed by atoms with Gasteiger partial charge in [-0.05, 0) is 36.6 Å². The van der Waals surface area contributed by atoms with Gasteiger partial charge in [-0.1, -0.05) is 78.4 Å². The zero-order valence-electron chi connectivity index (χ0n) is 21.6. The summed E-state index contributed by atoms with van der Waals surface area (Å²) in [5, 5.41) is 2.71. The Labute approximate surface area is 220 Å². The number of amides is 2. The summed E-state index contributed by atoms with van der Waals surface area (Å²) in [5.74, 6) is -0.446. The lowest BCUT2D eigenvalue weighted by molar-refractivity contribution is -0.141. The van der Waals surface area contributed by atoms with Crippen molar-refractivity contribution in [3.05, 3.63) is 102 Å². The number of rotatable bonds is 12. The Morgan fingerprint density at radius 3 is 2.03 bits per heavy atom. The molecular weight excluding hydrogens is 486 g/mol. The number of nitrogens with zero attached hydrogens (tertiary/aromatic N) is 2. The van der Waals surface area contributed by atoms with Gasteiger partial charge in [0.1, 0.15) is 6.04 Å². The molecular formula is C29H35N3O4S. The van der Waals surface area contributed by atoms with Gasteiger partial charge >= 0.3 is 0 Å². The molecule has 0 aromatic heterocycles. The average molecular weight is 522 g/mol. The number of carbonyl (C=O) groups is 2. The summed E-state index contributed by atoms with van der Waals surface area (Å²) in [5.41, 5.74) is 3.53. The molecule has 0 unspecified atom stereocenters. The Morgan fingerprint density at radius 1 is 0.865 bits per heavy atom. The highest BCUT2D eigenvalue weighted by Gasteiger charge is 2.30. The van der Waals surface area contributed by atoms with Crippen LogP contribution in [0.5, 0.6) is 0 Å². The first-order valence-electron chi connectivity index (χ1n) is 12.3. The monoisotopic (exact) mass is 521 g/mol. The lowest BCUT2D eigenvalue weighted by Crippen LogP contribution is -2.49. The molecule has 7 nitrogen and oxygen atoms in total. The molecule has 1 N–H and O–H groups in total. The normalized spacial score (nSPS) is 12.0. The molecule has 8 heteroatoms. The molecule has 0 saturated heterocycles. The van der Waals surface area contributed by atoms with Crippen LogP contribution in [0, 0.1) is 6.92 Å². The van der Waals surface area contributed by atoms with Crippen LogP contribution in [-0.2, 0) is 32.6 Å². The van der Waals surface area contributed by atoms with E-state index in [0.717, 1.165) is 22.9 Å². The molecule has 0 saturated carbocycles. The maximum absolute atomic E-state index is 13.6. The van der Waals surface area contributed by atoms with Gasteiger partial charge in [-0.25, -0.2) is 8.42 Å². The molecule has 1 atom stereocenters. The number of nitrogens with one attached hydrogen (secondary N) is 1. The number of likely N-dealkylation sites (N-methyl/N-ethyl adjacent to an activating group) is 1. The molecule has 3 aromatic carbocycles. The molecule has 0 spiro atoms. The number of carbonyl (C=O) groups excluding carboxylic acids is 2. The molecule has 37 heavy (non-hydrogen) atoms. The second-order valence-corrected chi connectivity index (χ2v) is 11.0. The van der Waals surface area contributed by atoms with Crippen molar-refractivity contribution in [1.82, 2.24) is 10.2 Å². The van der Waals surface area contributed by atoms with Crippen molar-refractivity contribution in [2.24, 2.45) is 0 Å². The first-order chi connectivity index (χ1) is 17.7. The maximum Gasteiger partial charge on any atom is 0.242 e. The number of sulfonamides is 1. The topological polar surface area (TPSA) is 86.8 Å². The van der Waals surface area contributed by atoms with Gasteiger partial charge in [0.05, 0.1) is 11.9 Å². The van der Waals surface area contributed by atoms with E-state index in [4.69, 9.17) is 0 Å². The van der Waals surface area contributed by atoms with E-state index >= 15 is 0 Å². The lowest BCUT2D eigenvalue weighted by atomic mass is 10.0. The predicted octanol–water partition coefficient (Wildman–Crippen LogP) is 3.93. The summed E-state index contributed by atoms with van der Waals surface area (Å²) in [6.45, 7) is 2.44. The van der Waals surface area contributed by atoms with Gasteiger partial charge in [0.2, 0.25) is 21.8 Å². The van der Waals surface area contributed by atoms with Gasteiger partial charge in [-0.3, -0.25) is 13.9 Å². The Kier molecular flexibility index (Phi) is 9.85. The van der Waals surface area contributed by atoms with Gasteiger partial charge in [0, 0.05) is 33.0 Å². The third kappa shape index (κ3) is 8.18. The van der Waals surface area contributed by atoms with Crippen LogP contribution in [0.4, 0.5) is 5.69 Å². The van der Waals surface area contributed by atoms with Crippen molar-refractivity contribution in [3.63, 3.8) is 0 Å². The highest BCUT2D eigenvalue weighted by Crippen LogP contribution is 2.20. The highest BCUT2D eigenvalue weighted by molar-refractivity contribution is 7.92. The van der Waals surface area contributed by atoms with Crippen LogP contribution in [0.25, 0.3) is 0 Å². The standard InChI is InChI=1S/C29H35N3O4S/c1-23-16-18-25(19-17-23)22-31(27(29(34)30-2)21-24-11-6-4-7-12-24)28(33)15-10-20-32(37(3,35)36)26-13-8-5-9-14-26/h4-9,11-14,16-19,27H,10,15,20-22H2,1-3H3,(H,30,34)/t27-/m1/s1. The summed E-state index contributed by atoms with van der Waals surface area (Å²) >= 11 is 0. The number of benzene rings is 3. The van der Waals surface area contributed by atoms with E-state index in [0.29, 0.717) is 18.5 Å². The van der Waals surface area contributed by atoms with Crippen molar-refractivity contribution >= 4 is 27.5 Å². The molecule has 0 aliphatic heterocycles. The molecule has 0 bridgehead atoms. The fourth-order valence-electron chi connectivity index (χ4n) is 4.21. The van der Waals surface area contributed by atoms with Crippen LogP contribution in [0.15, 0.2) is 84.9 Å². The summed E-state index contributed by atoms with van der Waals surface area (Å²) in [7, 11) is -1.95. The third-order valence-corrected chi connectivity index (χ3v) is 7.38. The molecule has 3 rings (SSSR count). The molecule has 0 aliphatic carbocycles. The number of aryl methyl sites for hydroxylation is 1. The molecule has 0 heterocycles. The number of para-hydroxylation sites is 1. The molecule has 0 fully saturated rings. The van der Waals surface area contributed by atoms with Crippen LogP contribution < -0.4 is 9.62 Å². The van der Waals surface area contributed by atoms with Gasteiger partial charge < -0.3 is 10.2 Å². The predicted molar refractivity (Wildman–Crippen MR) is 148 cm³/mol. The zero-order chi connectivity index (χ0) is 26.8. The van der Waals surface area contributed by atoms with E-state index in [-0.39, 0.29) is 31.3 Å². The van der Waals surface area contributed by atoms with E-state index in [1.165, 1.54) is 4.31 Å². The minimum absolute atomic E-state index is 0.104. The van der Waals surface area contributed by atoms with E-state index in [1.807, 2.05) is 67.6 Å². The molecule has 0 aliphatic rings. The highest BCUT2D eigenvalue weighted by atomic mass is 32.2. The largest absolute Gasteiger partial charge is 0.357 e. The Bertz CT molecular complexity index is 1260. The lowest BCUT2D eigenvalue weighted by Gasteiger charge is -2.31. The molecule has 196 valence electrons. The van der Waals surface area contributed by atoms with Crippen molar-refractivity contribution in [2.75, 3.05) is 24.2 Å². The van der Waals surface area contributed by atoms with E-state index in [9.17, 15) is 18.0 Å². The number of hydrogen-bond donors (Lipinski definition) is 1. The first-order valence-corrected chi connectivity index (χ1v) is 14.2. The van der Waals surface area contributed by atoms with Crippen molar-refractivity contribution < 1.29 is 18.0 Å². The Morgan fingerprint density at radius 2 is 1.46 bits per heavy atom. The van der Waals surface area contributed by atoms with Gasteiger partial charge in [0.25, 0.3) is 0 Å². The third-order valence-electron chi connectivity index (χ3n) is 6.19.